The quantitative estimate of drug-likeness (QED) is 0.547. The third-order valence-corrected chi connectivity index (χ3v) is 4.84. The van der Waals surface area contributed by atoms with Crippen molar-refractivity contribution in [2.24, 2.45) is 5.92 Å². The highest BCUT2D eigenvalue weighted by Gasteiger charge is 2.55. The molecule has 0 aliphatic carbocycles. The molecule has 0 radical (unpaired) electrons. The van der Waals surface area contributed by atoms with Gasteiger partial charge in [-0.05, 0) is 40.0 Å². The van der Waals surface area contributed by atoms with Crippen molar-refractivity contribution in [2.75, 3.05) is 0 Å². The second kappa shape index (κ2) is 7.00. The van der Waals surface area contributed by atoms with E-state index in [4.69, 9.17) is 9.31 Å². The van der Waals surface area contributed by atoms with Crippen LogP contribution >= 0.6 is 0 Å². The fourth-order valence-corrected chi connectivity index (χ4v) is 2.51. The molecule has 1 saturated heterocycles. The standard InChI is InChI=1S/C17H25BF4N2O2/c1-11(2)7-8-24-10-12(9-23-24)13(17(20,21)22)14(19)18-25-15(3,4)16(5,6)26-18/h9-11H,7-8H2,1-6H3. The van der Waals surface area contributed by atoms with Gasteiger partial charge in [0.2, 0.25) is 0 Å². The molecule has 1 aromatic rings. The van der Waals surface area contributed by atoms with Gasteiger partial charge in [-0.3, -0.25) is 4.68 Å². The van der Waals surface area contributed by atoms with Crippen LogP contribution in [0, 0.1) is 5.92 Å². The molecule has 0 N–H and O–H groups in total. The monoisotopic (exact) mass is 376 g/mol. The fraction of sp³-hybridized carbons (Fsp3) is 0.706. The summed E-state index contributed by atoms with van der Waals surface area (Å²) in [6.07, 6.45) is -1.92. The third kappa shape index (κ3) is 4.31. The van der Waals surface area contributed by atoms with Crippen molar-refractivity contribution in [2.45, 2.75) is 71.9 Å². The summed E-state index contributed by atoms with van der Waals surface area (Å²) >= 11 is 0. The van der Waals surface area contributed by atoms with Crippen LogP contribution in [0.1, 0.15) is 53.5 Å². The normalized spacial score (nSPS) is 20.7. The number of nitrogens with zero attached hydrogens (tertiary/aromatic N) is 2. The van der Waals surface area contributed by atoms with Gasteiger partial charge in [0.1, 0.15) is 5.73 Å². The average Bonchev–Trinajstić information content (AvgIpc) is 2.98. The molecule has 26 heavy (non-hydrogen) atoms. The van der Waals surface area contributed by atoms with E-state index in [1.54, 1.807) is 27.7 Å². The zero-order valence-corrected chi connectivity index (χ0v) is 15.9. The van der Waals surface area contributed by atoms with E-state index in [2.05, 4.69) is 5.10 Å². The SMILES string of the molecule is CC(C)CCn1cc(C(=C(F)B2OC(C)(C)C(C)(C)O2)C(F)(F)F)cn1. The molecule has 0 saturated carbocycles. The minimum Gasteiger partial charge on any atom is -0.398 e. The topological polar surface area (TPSA) is 36.3 Å². The van der Waals surface area contributed by atoms with Gasteiger partial charge in [-0.15, -0.1) is 0 Å². The lowest BCUT2D eigenvalue weighted by atomic mass is 9.83. The van der Waals surface area contributed by atoms with E-state index in [1.807, 2.05) is 13.8 Å². The molecule has 1 aromatic heterocycles. The van der Waals surface area contributed by atoms with Crippen molar-refractivity contribution >= 4 is 12.7 Å². The number of hydrogen-bond acceptors (Lipinski definition) is 3. The Kier molecular flexibility index (Phi) is 5.64. The van der Waals surface area contributed by atoms with E-state index in [0.717, 1.165) is 12.6 Å². The minimum atomic E-state index is -4.90. The van der Waals surface area contributed by atoms with Crippen LogP contribution < -0.4 is 0 Å². The van der Waals surface area contributed by atoms with Crippen LogP contribution in [0.2, 0.25) is 0 Å². The Balaban J connectivity index is 2.38. The molecular formula is C17H25BF4N2O2. The van der Waals surface area contributed by atoms with Gasteiger partial charge in [0, 0.05) is 18.3 Å². The highest BCUT2D eigenvalue weighted by molar-refractivity contribution is 6.55. The Morgan fingerprint density at radius 1 is 1.19 bits per heavy atom. The molecule has 0 amide bonds. The van der Waals surface area contributed by atoms with E-state index in [-0.39, 0.29) is 5.56 Å². The Bertz CT molecular complexity index is 665. The maximum Gasteiger partial charge on any atom is 0.525 e. The molecule has 4 nitrogen and oxygen atoms in total. The first-order valence-electron chi connectivity index (χ1n) is 8.60. The number of hydrogen-bond donors (Lipinski definition) is 0. The number of halogens is 4. The molecule has 0 bridgehead atoms. The van der Waals surface area contributed by atoms with E-state index in [0.29, 0.717) is 12.5 Å². The molecule has 2 rings (SSSR count). The Hall–Kier alpha value is -1.35. The summed E-state index contributed by atoms with van der Waals surface area (Å²) < 4.78 is 67.8. The summed E-state index contributed by atoms with van der Waals surface area (Å²) in [6.45, 7) is 11.1. The molecule has 1 fully saturated rings. The largest absolute Gasteiger partial charge is 0.525 e. The number of rotatable bonds is 5. The van der Waals surface area contributed by atoms with E-state index in [1.165, 1.54) is 10.9 Å². The number of allylic oxidation sites excluding steroid dienone is 1. The molecule has 0 aromatic carbocycles. The zero-order chi connectivity index (χ0) is 19.9. The van der Waals surface area contributed by atoms with Gasteiger partial charge in [0.15, 0.2) is 0 Å². The average molecular weight is 376 g/mol. The predicted molar refractivity (Wildman–Crippen MR) is 91.8 cm³/mol. The highest BCUT2D eigenvalue weighted by atomic mass is 19.4. The Morgan fingerprint density at radius 2 is 1.73 bits per heavy atom. The minimum absolute atomic E-state index is 0.339. The Labute approximate surface area is 151 Å². The van der Waals surface area contributed by atoms with Gasteiger partial charge in [0.05, 0.1) is 23.0 Å². The molecule has 0 spiro atoms. The highest BCUT2D eigenvalue weighted by Crippen LogP contribution is 2.43. The summed E-state index contributed by atoms with van der Waals surface area (Å²) in [5.41, 5.74) is -5.11. The molecule has 1 aliphatic rings. The Morgan fingerprint density at radius 3 is 2.19 bits per heavy atom. The van der Waals surface area contributed by atoms with Crippen LogP contribution in [0.25, 0.3) is 5.57 Å². The van der Waals surface area contributed by atoms with Crippen LogP contribution in [0.15, 0.2) is 18.1 Å². The maximum absolute atomic E-state index is 14.8. The second-order valence-corrected chi connectivity index (χ2v) is 7.98. The van der Waals surface area contributed by atoms with Gasteiger partial charge in [0.25, 0.3) is 0 Å². The number of aryl methyl sites for hydroxylation is 1. The zero-order valence-electron chi connectivity index (χ0n) is 15.9. The third-order valence-electron chi connectivity index (χ3n) is 4.84. The molecule has 9 heteroatoms. The number of aromatic nitrogens is 2. The lowest BCUT2D eigenvalue weighted by molar-refractivity contribution is -0.0699. The van der Waals surface area contributed by atoms with Crippen LogP contribution in [0.3, 0.4) is 0 Å². The van der Waals surface area contributed by atoms with Crippen molar-refractivity contribution in [3.8, 4) is 0 Å². The van der Waals surface area contributed by atoms with Crippen LogP contribution in [0.4, 0.5) is 17.6 Å². The van der Waals surface area contributed by atoms with E-state index < -0.39 is 35.8 Å². The van der Waals surface area contributed by atoms with Crippen molar-refractivity contribution in [3.63, 3.8) is 0 Å². The summed E-state index contributed by atoms with van der Waals surface area (Å²) in [5.74, 6) is 0.377. The predicted octanol–water partition coefficient (Wildman–Crippen LogP) is 4.80. The first kappa shape index (κ1) is 21.0. The van der Waals surface area contributed by atoms with Crippen molar-refractivity contribution in [1.82, 2.24) is 9.78 Å². The summed E-state index contributed by atoms with van der Waals surface area (Å²) in [6, 6.07) is 0. The van der Waals surface area contributed by atoms with Crippen molar-refractivity contribution < 1.29 is 26.9 Å². The van der Waals surface area contributed by atoms with Crippen LogP contribution in [0.5, 0.6) is 0 Å². The molecular weight excluding hydrogens is 351 g/mol. The molecule has 146 valence electrons. The second-order valence-electron chi connectivity index (χ2n) is 7.98. The molecule has 2 heterocycles. The number of alkyl halides is 3. The molecule has 0 atom stereocenters. The molecule has 0 unspecified atom stereocenters. The van der Waals surface area contributed by atoms with Gasteiger partial charge in [-0.1, -0.05) is 13.8 Å². The van der Waals surface area contributed by atoms with Gasteiger partial charge >= 0.3 is 13.3 Å². The van der Waals surface area contributed by atoms with E-state index in [9.17, 15) is 17.6 Å². The summed E-state index contributed by atoms with van der Waals surface area (Å²) in [4.78, 5) is 0. The fourth-order valence-electron chi connectivity index (χ4n) is 2.51. The van der Waals surface area contributed by atoms with Crippen LogP contribution in [-0.2, 0) is 15.9 Å². The van der Waals surface area contributed by atoms with Crippen molar-refractivity contribution in [1.29, 1.82) is 0 Å². The van der Waals surface area contributed by atoms with Crippen molar-refractivity contribution in [3.05, 3.63) is 23.7 Å². The molecule has 1 aliphatic heterocycles. The van der Waals surface area contributed by atoms with Gasteiger partial charge in [-0.25, -0.2) is 4.39 Å². The maximum atomic E-state index is 14.8. The summed E-state index contributed by atoms with van der Waals surface area (Å²) in [7, 11) is -1.71. The van der Waals surface area contributed by atoms with Crippen LogP contribution in [-0.4, -0.2) is 34.3 Å². The first-order valence-corrected chi connectivity index (χ1v) is 8.60. The lowest BCUT2D eigenvalue weighted by Crippen LogP contribution is -2.41. The summed E-state index contributed by atoms with van der Waals surface area (Å²) in [5, 5.41) is 3.92. The van der Waals surface area contributed by atoms with Gasteiger partial charge < -0.3 is 9.31 Å². The lowest BCUT2D eigenvalue weighted by Gasteiger charge is -2.32. The van der Waals surface area contributed by atoms with Gasteiger partial charge in [-0.2, -0.15) is 18.3 Å². The van der Waals surface area contributed by atoms with E-state index >= 15 is 0 Å². The first-order chi connectivity index (χ1) is 11.7. The smallest absolute Gasteiger partial charge is 0.398 e.